The fourth-order valence-electron chi connectivity index (χ4n) is 2.62. The Morgan fingerprint density at radius 2 is 1.42 bits per heavy atom. The lowest BCUT2D eigenvalue weighted by molar-refractivity contribution is 0.255. The first kappa shape index (κ1) is 18.8. The maximum atomic E-state index is 11.1. The largest absolute Gasteiger partial charge is 0.330 e. The smallest absolute Gasteiger partial charge is 0.329 e. The van der Waals surface area contributed by atoms with Crippen molar-refractivity contribution in [1.82, 2.24) is 4.90 Å². The van der Waals surface area contributed by atoms with E-state index in [2.05, 4.69) is 17.0 Å². The zero-order valence-electron chi connectivity index (χ0n) is 13.7. The van der Waals surface area contributed by atoms with E-state index in [-0.39, 0.29) is 6.16 Å². The van der Waals surface area contributed by atoms with Crippen molar-refractivity contribution in [2.75, 3.05) is 13.1 Å². The highest BCUT2D eigenvalue weighted by atomic mass is 31.2. The van der Waals surface area contributed by atoms with Crippen molar-refractivity contribution in [2.45, 2.75) is 25.7 Å². The van der Waals surface area contributed by atoms with E-state index < -0.39 is 7.60 Å². The van der Waals surface area contributed by atoms with Crippen LogP contribution in [-0.4, -0.2) is 27.8 Å². The van der Waals surface area contributed by atoms with Crippen molar-refractivity contribution in [1.29, 1.82) is 0 Å². The highest BCUT2D eigenvalue weighted by Gasteiger charge is 2.14. The maximum absolute atomic E-state index is 11.1. The Kier molecular flexibility index (Phi) is 7.16. The Morgan fingerprint density at radius 3 is 1.96 bits per heavy atom. The summed E-state index contributed by atoms with van der Waals surface area (Å²) in [6.45, 7) is 3.21. The first-order valence-corrected chi connectivity index (χ1v) is 9.85. The molecule has 0 bridgehead atoms. The van der Waals surface area contributed by atoms with Gasteiger partial charge < -0.3 is 15.5 Å². The van der Waals surface area contributed by atoms with E-state index in [1.54, 1.807) is 12.1 Å². The van der Waals surface area contributed by atoms with Crippen molar-refractivity contribution >= 4 is 7.60 Å². The molecule has 0 aliphatic carbocycles. The lowest BCUT2D eigenvalue weighted by atomic mass is 10.1. The molecule has 0 fully saturated rings. The van der Waals surface area contributed by atoms with E-state index in [1.165, 1.54) is 5.56 Å². The normalized spacial score (nSPS) is 11.8. The molecule has 0 aromatic heterocycles. The van der Waals surface area contributed by atoms with Gasteiger partial charge in [0, 0.05) is 19.6 Å². The van der Waals surface area contributed by atoms with Crippen LogP contribution in [0.25, 0.3) is 0 Å². The summed E-state index contributed by atoms with van der Waals surface area (Å²) in [6.07, 6.45) is 0.720. The predicted molar refractivity (Wildman–Crippen MR) is 96.4 cm³/mol. The van der Waals surface area contributed by atoms with Gasteiger partial charge in [0.05, 0.1) is 6.16 Å². The van der Waals surface area contributed by atoms with Crippen molar-refractivity contribution < 1.29 is 14.4 Å². The van der Waals surface area contributed by atoms with Crippen molar-refractivity contribution in [2.24, 2.45) is 5.73 Å². The summed E-state index contributed by atoms with van der Waals surface area (Å²) in [5.41, 5.74) is 8.68. The molecule has 2 rings (SSSR count). The molecule has 0 aliphatic heterocycles. The predicted octanol–water partition coefficient (Wildman–Crippen LogP) is 2.72. The van der Waals surface area contributed by atoms with Gasteiger partial charge in [-0.25, -0.2) is 0 Å². The molecule has 0 saturated carbocycles. The van der Waals surface area contributed by atoms with Crippen LogP contribution in [0.5, 0.6) is 0 Å². The van der Waals surface area contributed by atoms with Crippen molar-refractivity contribution in [3.05, 3.63) is 71.3 Å². The molecule has 0 heterocycles. The summed E-state index contributed by atoms with van der Waals surface area (Å²) in [6, 6.07) is 17.7. The van der Waals surface area contributed by atoms with Crippen LogP contribution in [0.3, 0.4) is 0 Å². The molecule has 2 aromatic rings. The highest BCUT2D eigenvalue weighted by Crippen LogP contribution is 2.38. The molecule has 0 radical (unpaired) electrons. The summed E-state index contributed by atoms with van der Waals surface area (Å²) in [4.78, 5) is 20.4. The zero-order valence-corrected chi connectivity index (χ0v) is 14.6. The van der Waals surface area contributed by atoms with Gasteiger partial charge in [0.25, 0.3) is 0 Å². The molecular weight excluding hydrogens is 323 g/mol. The number of nitrogens with zero attached hydrogens (tertiary/aromatic N) is 1. The van der Waals surface area contributed by atoms with Crippen LogP contribution in [0.4, 0.5) is 0 Å². The zero-order chi connectivity index (χ0) is 17.4. The third kappa shape index (κ3) is 6.95. The average Bonchev–Trinajstić information content (AvgIpc) is 2.54. The number of rotatable bonds is 9. The summed E-state index contributed by atoms with van der Waals surface area (Å²) in [5, 5.41) is 0. The Balaban J connectivity index is 2.01. The summed E-state index contributed by atoms with van der Waals surface area (Å²) >= 11 is 0. The van der Waals surface area contributed by atoms with Gasteiger partial charge in [-0.3, -0.25) is 9.46 Å². The van der Waals surface area contributed by atoms with Gasteiger partial charge in [-0.1, -0.05) is 54.6 Å². The second-order valence-corrected chi connectivity index (χ2v) is 7.62. The van der Waals surface area contributed by atoms with E-state index in [0.717, 1.165) is 31.6 Å². The molecule has 6 heteroatoms. The maximum Gasteiger partial charge on any atom is 0.329 e. The Labute approximate surface area is 143 Å². The average molecular weight is 348 g/mol. The van der Waals surface area contributed by atoms with Crippen molar-refractivity contribution in [3.8, 4) is 0 Å². The summed E-state index contributed by atoms with van der Waals surface area (Å²) in [5.74, 6) is 0. The second-order valence-electron chi connectivity index (χ2n) is 5.98. The summed E-state index contributed by atoms with van der Waals surface area (Å²) in [7, 11) is -4.02. The fraction of sp³-hybridized carbons (Fsp3) is 0.333. The van der Waals surface area contributed by atoms with Gasteiger partial charge in [0.1, 0.15) is 0 Å². The van der Waals surface area contributed by atoms with E-state index >= 15 is 0 Å². The lowest BCUT2D eigenvalue weighted by Gasteiger charge is -2.22. The molecule has 2 aromatic carbocycles. The molecule has 0 unspecified atom stereocenters. The highest BCUT2D eigenvalue weighted by molar-refractivity contribution is 7.50. The first-order chi connectivity index (χ1) is 11.5. The van der Waals surface area contributed by atoms with Crippen LogP contribution in [0.2, 0.25) is 0 Å². The van der Waals surface area contributed by atoms with Crippen LogP contribution in [-0.2, 0) is 23.8 Å². The molecule has 24 heavy (non-hydrogen) atoms. The van der Waals surface area contributed by atoms with Crippen LogP contribution in [0.15, 0.2) is 54.6 Å². The number of hydrogen-bond acceptors (Lipinski definition) is 3. The quantitative estimate of drug-likeness (QED) is 0.607. The van der Waals surface area contributed by atoms with Crippen LogP contribution < -0.4 is 5.73 Å². The minimum atomic E-state index is -4.02. The van der Waals surface area contributed by atoms with Gasteiger partial charge in [-0.05, 0) is 29.7 Å². The Hall–Kier alpha value is -1.49. The van der Waals surface area contributed by atoms with Gasteiger partial charge in [-0.15, -0.1) is 0 Å². The topological polar surface area (TPSA) is 86.8 Å². The van der Waals surface area contributed by atoms with E-state index in [4.69, 9.17) is 15.5 Å². The molecule has 130 valence electrons. The molecule has 0 amide bonds. The lowest BCUT2D eigenvalue weighted by Crippen LogP contribution is -2.25. The van der Waals surface area contributed by atoms with Gasteiger partial charge in [0.2, 0.25) is 0 Å². The number of benzene rings is 2. The first-order valence-electron chi connectivity index (χ1n) is 8.05. The third-order valence-corrected chi connectivity index (χ3v) is 4.52. The van der Waals surface area contributed by atoms with E-state index in [1.807, 2.05) is 30.3 Å². The number of nitrogens with two attached hydrogens (primary N) is 1. The minimum absolute atomic E-state index is 0.214. The monoisotopic (exact) mass is 348 g/mol. The third-order valence-electron chi connectivity index (χ3n) is 3.75. The Morgan fingerprint density at radius 1 is 0.875 bits per heavy atom. The molecule has 0 atom stereocenters. The summed E-state index contributed by atoms with van der Waals surface area (Å²) < 4.78 is 11.1. The van der Waals surface area contributed by atoms with E-state index in [0.29, 0.717) is 12.1 Å². The minimum Gasteiger partial charge on any atom is -0.330 e. The van der Waals surface area contributed by atoms with Crippen LogP contribution in [0.1, 0.15) is 23.1 Å². The molecule has 0 spiro atoms. The molecule has 4 N–H and O–H groups in total. The van der Waals surface area contributed by atoms with Crippen molar-refractivity contribution in [3.63, 3.8) is 0 Å². The molecular formula is C18H25N2O3P. The molecule has 5 nitrogen and oxygen atoms in total. The van der Waals surface area contributed by atoms with Crippen LogP contribution >= 0.6 is 7.60 Å². The van der Waals surface area contributed by atoms with Gasteiger partial charge in [-0.2, -0.15) is 0 Å². The SMILES string of the molecule is NCCCN(Cc1ccccc1)Cc1ccc(CP(=O)(O)O)cc1. The standard InChI is InChI=1S/C18H25N2O3P/c19-11-4-12-20(13-16-5-2-1-3-6-16)14-17-7-9-18(10-8-17)15-24(21,22)23/h1-3,5-10H,4,11-15,19H2,(H2,21,22,23). The molecule has 0 aliphatic rings. The second kappa shape index (κ2) is 9.11. The van der Waals surface area contributed by atoms with Gasteiger partial charge in [0.15, 0.2) is 0 Å². The van der Waals surface area contributed by atoms with Gasteiger partial charge >= 0.3 is 7.60 Å². The number of hydrogen-bond donors (Lipinski definition) is 3. The Bertz CT molecular complexity index is 656. The fourth-order valence-corrected chi connectivity index (χ4v) is 3.30. The molecule has 0 saturated heterocycles. The van der Waals surface area contributed by atoms with Crippen LogP contribution in [0, 0.1) is 0 Å². The van der Waals surface area contributed by atoms with E-state index in [9.17, 15) is 4.57 Å².